The van der Waals surface area contributed by atoms with Crippen LogP contribution in [-0.4, -0.2) is 57.2 Å². The summed E-state index contributed by atoms with van der Waals surface area (Å²) in [7, 11) is 1.45. The van der Waals surface area contributed by atoms with Gasteiger partial charge in [0, 0.05) is 53.6 Å². The molecule has 0 aliphatic carbocycles. The first-order valence-corrected chi connectivity index (χ1v) is 11.7. The van der Waals surface area contributed by atoms with Gasteiger partial charge in [0.05, 0.1) is 25.0 Å². The predicted molar refractivity (Wildman–Crippen MR) is 137 cm³/mol. The Hall–Kier alpha value is -4.55. The van der Waals surface area contributed by atoms with Crippen molar-refractivity contribution in [2.24, 2.45) is 0 Å². The fraction of sp³-hybridized carbons (Fsp3) is 0.280. The highest BCUT2D eigenvalue weighted by Crippen LogP contribution is 2.38. The molecule has 3 aromatic heterocycles. The van der Waals surface area contributed by atoms with Crippen molar-refractivity contribution >= 4 is 39.7 Å². The number of halogens is 3. The van der Waals surface area contributed by atoms with Crippen LogP contribution >= 0.6 is 0 Å². The Labute approximate surface area is 215 Å². The molecule has 0 unspecified atom stereocenters. The number of hydrogen-bond acceptors (Lipinski definition) is 8. The van der Waals surface area contributed by atoms with Crippen LogP contribution in [0.25, 0.3) is 21.9 Å². The third-order valence-electron chi connectivity index (χ3n) is 6.59. The number of nitrogen functional groups attached to an aromatic ring is 2. The first-order valence-electron chi connectivity index (χ1n) is 11.7. The van der Waals surface area contributed by atoms with E-state index >= 15 is 4.39 Å². The van der Waals surface area contributed by atoms with Gasteiger partial charge in [-0.3, -0.25) is 9.48 Å². The van der Waals surface area contributed by atoms with Crippen LogP contribution < -0.4 is 21.5 Å². The molecule has 5 rings (SSSR count). The van der Waals surface area contributed by atoms with Gasteiger partial charge in [-0.15, -0.1) is 0 Å². The van der Waals surface area contributed by atoms with Gasteiger partial charge in [0.15, 0.2) is 11.6 Å². The second-order valence-electron chi connectivity index (χ2n) is 8.95. The molecule has 4 aromatic rings. The van der Waals surface area contributed by atoms with Crippen molar-refractivity contribution in [3.8, 4) is 17.0 Å². The van der Waals surface area contributed by atoms with E-state index in [4.69, 9.17) is 16.2 Å². The molecular formula is C25H25F3N8O2. The van der Waals surface area contributed by atoms with E-state index in [-0.39, 0.29) is 30.2 Å². The summed E-state index contributed by atoms with van der Waals surface area (Å²) in [6, 6.07) is 5.08. The maximum absolute atomic E-state index is 15.3. The molecule has 0 spiro atoms. The van der Waals surface area contributed by atoms with Crippen molar-refractivity contribution in [1.29, 1.82) is 0 Å². The van der Waals surface area contributed by atoms with Gasteiger partial charge in [-0.1, -0.05) is 0 Å². The number of nitrogens with zero attached hydrogens (tertiary/aromatic N) is 5. The number of hydrogen-bond donors (Lipinski definition) is 3. The van der Waals surface area contributed by atoms with E-state index in [1.807, 2.05) is 0 Å². The van der Waals surface area contributed by atoms with E-state index < -0.39 is 24.7 Å². The molecule has 1 aromatic carbocycles. The summed E-state index contributed by atoms with van der Waals surface area (Å²) >= 11 is 0. The van der Waals surface area contributed by atoms with Crippen molar-refractivity contribution in [1.82, 2.24) is 24.6 Å². The summed E-state index contributed by atoms with van der Waals surface area (Å²) in [4.78, 5) is 22.0. The smallest absolute Gasteiger partial charge is 0.255 e. The number of amides is 1. The monoisotopic (exact) mass is 526 g/mol. The first kappa shape index (κ1) is 25.1. The number of fused-ring (bicyclic) bond motifs is 2. The van der Waals surface area contributed by atoms with Gasteiger partial charge < -0.3 is 26.4 Å². The van der Waals surface area contributed by atoms with Crippen LogP contribution in [0.5, 0.6) is 5.88 Å². The summed E-state index contributed by atoms with van der Waals surface area (Å²) < 4.78 is 47.5. The molecule has 0 atom stereocenters. The number of carbonyl (C=O) groups is 1. The van der Waals surface area contributed by atoms with Gasteiger partial charge in [-0.05, 0) is 30.0 Å². The second kappa shape index (κ2) is 9.72. The number of carbonyl (C=O) groups excluding carboxylic acids is 1. The molecule has 1 aliphatic heterocycles. The standard InChI is InChI=1S/C25H25F3N8O2/c1-12-16(8-32-25(38-2)23(12)29)15-5-13-6-19(31-9-17(13)24(30)22(15)28)33-20-7-14-3-4-35(10-18(26)27)21(37)11-36(14)34-20/h5-9,18H,3-4,10-11,29-30H2,1-2H3,(H,31,33,34). The van der Waals surface area contributed by atoms with Gasteiger partial charge in [0.2, 0.25) is 11.8 Å². The zero-order valence-corrected chi connectivity index (χ0v) is 20.6. The average Bonchev–Trinajstić information content (AvgIpc) is 3.19. The minimum Gasteiger partial charge on any atom is -0.480 e. The molecule has 198 valence electrons. The van der Waals surface area contributed by atoms with Crippen molar-refractivity contribution in [2.45, 2.75) is 26.3 Å². The van der Waals surface area contributed by atoms with E-state index in [2.05, 4.69) is 20.4 Å². The van der Waals surface area contributed by atoms with Gasteiger partial charge in [0.25, 0.3) is 6.43 Å². The molecule has 1 amide bonds. The number of alkyl halides is 2. The summed E-state index contributed by atoms with van der Waals surface area (Å²) in [6.45, 7) is 1.20. The van der Waals surface area contributed by atoms with Crippen LogP contribution in [0.15, 0.2) is 30.6 Å². The molecule has 0 radical (unpaired) electrons. The lowest BCUT2D eigenvalue weighted by Gasteiger charge is -2.19. The van der Waals surface area contributed by atoms with Gasteiger partial charge >= 0.3 is 0 Å². The molecule has 0 saturated carbocycles. The van der Waals surface area contributed by atoms with Gasteiger partial charge in [-0.25, -0.2) is 23.1 Å². The zero-order valence-electron chi connectivity index (χ0n) is 20.6. The Morgan fingerprint density at radius 1 is 1.11 bits per heavy atom. The number of nitrogens with one attached hydrogen (secondary N) is 1. The van der Waals surface area contributed by atoms with E-state index in [0.717, 1.165) is 10.6 Å². The van der Waals surface area contributed by atoms with Crippen molar-refractivity contribution in [3.63, 3.8) is 0 Å². The number of pyridine rings is 2. The number of methoxy groups -OCH3 is 1. The minimum atomic E-state index is -2.59. The van der Waals surface area contributed by atoms with Crippen LogP contribution in [0.3, 0.4) is 0 Å². The molecule has 13 heteroatoms. The highest BCUT2D eigenvalue weighted by molar-refractivity contribution is 5.98. The molecule has 0 saturated heterocycles. The Kier molecular flexibility index (Phi) is 6.43. The number of benzene rings is 1. The number of rotatable bonds is 6. The van der Waals surface area contributed by atoms with Crippen molar-refractivity contribution in [2.75, 3.05) is 37.0 Å². The summed E-state index contributed by atoms with van der Waals surface area (Å²) in [5.41, 5.74) is 14.5. The molecule has 4 heterocycles. The third-order valence-corrected chi connectivity index (χ3v) is 6.59. The fourth-order valence-electron chi connectivity index (χ4n) is 4.54. The zero-order chi connectivity index (χ0) is 27.1. The van der Waals surface area contributed by atoms with Crippen molar-refractivity contribution < 1.29 is 22.7 Å². The topological polar surface area (TPSA) is 137 Å². The highest BCUT2D eigenvalue weighted by Gasteiger charge is 2.24. The van der Waals surface area contributed by atoms with Crippen LogP contribution in [0, 0.1) is 12.7 Å². The van der Waals surface area contributed by atoms with Crippen LogP contribution in [0.1, 0.15) is 11.3 Å². The summed E-state index contributed by atoms with van der Waals surface area (Å²) in [5, 5.41) is 8.53. The molecule has 0 fully saturated rings. The molecular weight excluding hydrogens is 501 g/mol. The maximum atomic E-state index is 15.3. The first-order chi connectivity index (χ1) is 18.2. The maximum Gasteiger partial charge on any atom is 0.255 e. The lowest BCUT2D eigenvalue weighted by Crippen LogP contribution is -2.36. The Balaban J connectivity index is 1.45. The predicted octanol–water partition coefficient (Wildman–Crippen LogP) is 3.51. The largest absolute Gasteiger partial charge is 0.480 e. The lowest BCUT2D eigenvalue weighted by atomic mass is 9.97. The summed E-state index contributed by atoms with van der Waals surface area (Å²) in [5.74, 6) is 0.0603. The Morgan fingerprint density at radius 3 is 2.63 bits per heavy atom. The SMILES string of the molecule is COc1ncc(-c2cc3cc(Nc4cc5n(n4)CC(=O)N(CC(F)F)CC5)ncc3c(N)c2F)c(C)c1N. The van der Waals surface area contributed by atoms with E-state index in [9.17, 15) is 13.6 Å². The molecule has 10 nitrogen and oxygen atoms in total. The number of anilines is 4. The Bertz CT molecular complexity index is 1560. The summed E-state index contributed by atoms with van der Waals surface area (Å²) in [6.07, 6.45) is 0.734. The van der Waals surface area contributed by atoms with Crippen LogP contribution in [-0.2, 0) is 17.8 Å². The quantitative estimate of drug-likeness (QED) is 0.325. The highest BCUT2D eigenvalue weighted by atomic mass is 19.3. The Morgan fingerprint density at radius 2 is 1.89 bits per heavy atom. The van der Waals surface area contributed by atoms with Crippen LogP contribution in [0.4, 0.5) is 36.2 Å². The average molecular weight is 527 g/mol. The van der Waals surface area contributed by atoms with E-state index in [0.29, 0.717) is 45.6 Å². The minimum absolute atomic E-state index is 0.0640. The number of aromatic nitrogens is 4. The van der Waals surface area contributed by atoms with Gasteiger partial charge in [-0.2, -0.15) is 5.10 Å². The molecule has 5 N–H and O–H groups in total. The van der Waals surface area contributed by atoms with Crippen LogP contribution in [0.2, 0.25) is 0 Å². The molecule has 0 bridgehead atoms. The molecule has 1 aliphatic rings. The number of ether oxygens (including phenoxy) is 1. The fourth-order valence-corrected chi connectivity index (χ4v) is 4.54. The number of nitrogens with two attached hydrogens (primary N) is 2. The lowest BCUT2D eigenvalue weighted by molar-refractivity contribution is -0.133. The van der Waals surface area contributed by atoms with Crippen molar-refractivity contribution in [3.05, 3.63) is 47.7 Å². The molecule has 38 heavy (non-hydrogen) atoms. The van der Waals surface area contributed by atoms with E-state index in [1.54, 1.807) is 25.1 Å². The normalized spacial score (nSPS) is 13.6. The van der Waals surface area contributed by atoms with E-state index in [1.165, 1.54) is 24.2 Å². The second-order valence-corrected chi connectivity index (χ2v) is 8.95. The van der Waals surface area contributed by atoms with Gasteiger partial charge in [0.1, 0.15) is 12.4 Å². The third kappa shape index (κ3) is 4.51.